The highest BCUT2D eigenvalue weighted by atomic mass is 19.4. The molecular formula is C18H9F11O2. The van der Waals surface area contributed by atoms with E-state index in [-0.39, 0.29) is 5.56 Å². The highest BCUT2D eigenvalue weighted by Gasteiger charge is 2.83. The number of rotatable bonds is 7. The van der Waals surface area contributed by atoms with E-state index in [1.807, 2.05) is 0 Å². The largest absolute Gasteiger partial charge is 0.486 e. The summed E-state index contributed by atoms with van der Waals surface area (Å²) in [6, 6.07) is 4.71. The topological polar surface area (TPSA) is 26.3 Å². The Morgan fingerprint density at radius 3 is 1.84 bits per heavy atom. The van der Waals surface area contributed by atoms with E-state index in [1.54, 1.807) is 0 Å². The zero-order valence-electron chi connectivity index (χ0n) is 14.7. The molecule has 0 aliphatic rings. The van der Waals surface area contributed by atoms with Gasteiger partial charge in [0, 0.05) is 11.6 Å². The Labute approximate surface area is 166 Å². The lowest BCUT2D eigenvalue weighted by Gasteiger charge is -2.32. The van der Waals surface area contributed by atoms with Crippen LogP contribution in [0.1, 0.15) is 15.9 Å². The summed E-state index contributed by atoms with van der Waals surface area (Å²) in [5.74, 6) is -26.0. The van der Waals surface area contributed by atoms with Crippen LogP contribution in [0.5, 0.6) is 5.75 Å². The molecule has 2 aromatic carbocycles. The number of halogens is 11. The monoisotopic (exact) mass is 466 g/mol. The minimum absolute atomic E-state index is 0.0101. The second-order valence-electron chi connectivity index (χ2n) is 6.11. The SMILES string of the molecule is O=C(c1ccc(COc2cc(F)ccc2F)cc1)C(F)(F)C(F)(F)C(F)(F)C(F)(F)F. The third-order valence-corrected chi connectivity index (χ3v) is 3.93. The van der Waals surface area contributed by atoms with E-state index >= 15 is 0 Å². The van der Waals surface area contributed by atoms with E-state index in [9.17, 15) is 53.1 Å². The standard InChI is InChI=1S/C18H9F11O2/c19-11-5-6-12(20)13(7-11)31-8-9-1-3-10(4-2-9)14(30)15(21,22)16(23,24)17(25,26)18(27,28)29/h1-7H,8H2. The van der Waals surface area contributed by atoms with Gasteiger partial charge in [0.25, 0.3) is 0 Å². The van der Waals surface area contributed by atoms with Gasteiger partial charge in [-0.2, -0.15) is 39.5 Å². The lowest BCUT2D eigenvalue weighted by atomic mass is 9.95. The summed E-state index contributed by atoms with van der Waals surface area (Å²) in [6.45, 7) is -0.520. The lowest BCUT2D eigenvalue weighted by molar-refractivity contribution is -0.386. The van der Waals surface area contributed by atoms with Crippen LogP contribution in [0.3, 0.4) is 0 Å². The molecule has 0 unspecified atom stereocenters. The van der Waals surface area contributed by atoms with Gasteiger partial charge in [-0.1, -0.05) is 24.3 Å². The molecule has 0 heterocycles. The molecule has 2 nitrogen and oxygen atoms in total. The molecule has 0 aliphatic carbocycles. The van der Waals surface area contributed by atoms with Gasteiger partial charge in [-0.05, 0) is 17.7 Å². The van der Waals surface area contributed by atoms with Crippen molar-refractivity contribution < 1.29 is 57.8 Å². The van der Waals surface area contributed by atoms with Crippen molar-refractivity contribution in [2.24, 2.45) is 0 Å². The van der Waals surface area contributed by atoms with Crippen molar-refractivity contribution in [1.82, 2.24) is 0 Å². The van der Waals surface area contributed by atoms with Crippen molar-refractivity contribution in [2.75, 3.05) is 0 Å². The van der Waals surface area contributed by atoms with Gasteiger partial charge in [0.15, 0.2) is 11.6 Å². The molecule has 0 N–H and O–H groups in total. The fourth-order valence-electron chi connectivity index (χ4n) is 2.20. The van der Waals surface area contributed by atoms with Gasteiger partial charge in [0.1, 0.15) is 12.4 Å². The number of hydrogen-bond donors (Lipinski definition) is 0. The summed E-state index contributed by atoms with van der Waals surface area (Å²) < 4.78 is 148. The highest BCUT2D eigenvalue weighted by molar-refractivity contribution is 6.02. The Morgan fingerprint density at radius 1 is 0.774 bits per heavy atom. The summed E-state index contributed by atoms with van der Waals surface area (Å²) in [4.78, 5) is 11.6. The summed E-state index contributed by atoms with van der Waals surface area (Å²) in [5.41, 5.74) is -1.29. The molecule has 0 radical (unpaired) electrons. The predicted molar refractivity (Wildman–Crippen MR) is 82.4 cm³/mol. The Hall–Kier alpha value is -2.86. The van der Waals surface area contributed by atoms with Crippen LogP contribution in [0.4, 0.5) is 48.3 Å². The molecule has 13 heteroatoms. The third kappa shape index (κ3) is 4.44. The van der Waals surface area contributed by atoms with Crippen LogP contribution < -0.4 is 4.74 Å². The molecular weight excluding hydrogens is 457 g/mol. The zero-order valence-corrected chi connectivity index (χ0v) is 14.7. The first-order valence-electron chi connectivity index (χ1n) is 7.94. The molecule has 0 aliphatic heterocycles. The van der Waals surface area contributed by atoms with Gasteiger partial charge < -0.3 is 4.74 Å². The van der Waals surface area contributed by atoms with Crippen LogP contribution in [-0.4, -0.2) is 29.7 Å². The second-order valence-corrected chi connectivity index (χ2v) is 6.11. The Kier molecular flexibility index (Phi) is 6.30. The average Bonchev–Trinajstić information content (AvgIpc) is 2.67. The number of carbonyl (C=O) groups excluding carboxylic acids is 1. The summed E-state index contributed by atoms with van der Waals surface area (Å²) in [7, 11) is 0. The van der Waals surface area contributed by atoms with E-state index in [0.29, 0.717) is 18.2 Å². The smallest absolute Gasteiger partial charge is 0.460 e. The molecule has 0 amide bonds. The fourth-order valence-corrected chi connectivity index (χ4v) is 2.20. The molecule has 0 saturated carbocycles. The van der Waals surface area contributed by atoms with Crippen molar-refractivity contribution in [1.29, 1.82) is 0 Å². The number of hydrogen-bond acceptors (Lipinski definition) is 2. The number of ketones is 1. The number of Topliss-reactive ketones (excluding diaryl/α,β-unsaturated/α-hetero) is 1. The van der Waals surface area contributed by atoms with E-state index in [2.05, 4.69) is 0 Å². The molecule has 0 atom stereocenters. The van der Waals surface area contributed by atoms with E-state index in [1.165, 1.54) is 0 Å². The van der Waals surface area contributed by atoms with Crippen molar-refractivity contribution in [3.63, 3.8) is 0 Å². The molecule has 2 rings (SSSR count). The maximum absolute atomic E-state index is 13.7. The molecule has 0 bridgehead atoms. The van der Waals surface area contributed by atoms with Gasteiger partial charge in [0.2, 0.25) is 5.78 Å². The van der Waals surface area contributed by atoms with Gasteiger partial charge in [-0.25, -0.2) is 8.78 Å². The van der Waals surface area contributed by atoms with E-state index < -0.39 is 59.3 Å². The zero-order chi connectivity index (χ0) is 23.8. The van der Waals surface area contributed by atoms with E-state index in [0.717, 1.165) is 24.3 Å². The third-order valence-electron chi connectivity index (χ3n) is 3.93. The minimum Gasteiger partial charge on any atom is -0.486 e. The van der Waals surface area contributed by atoms with Crippen molar-refractivity contribution >= 4 is 5.78 Å². The molecule has 0 spiro atoms. The van der Waals surface area contributed by atoms with Crippen LogP contribution >= 0.6 is 0 Å². The van der Waals surface area contributed by atoms with Gasteiger partial charge in [-0.15, -0.1) is 0 Å². The van der Waals surface area contributed by atoms with Crippen LogP contribution in [0.2, 0.25) is 0 Å². The minimum atomic E-state index is -7.19. The van der Waals surface area contributed by atoms with Crippen LogP contribution in [-0.2, 0) is 6.61 Å². The molecule has 0 fully saturated rings. The van der Waals surface area contributed by atoms with Gasteiger partial charge in [0.05, 0.1) is 0 Å². The van der Waals surface area contributed by atoms with Crippen LogP contribution in [0.25, 0.3) is 0 Å². The first kappa shape index (κ1) is 24.4. The molecule has 0 aromatic heterocycles. The number of carbonyl (C=O) groups is 1. The van der Waals surface area contributed by atoms with Crippen LogP contribution in [0, 0.1) is 11.6 Å². The lowest BCUT2D eigenvalue weighted by Crippen LogP contribution is -2.63. The molecule has 170 valence electrons. The summed E-state index contributed by atoms with van der Waals surface area (Å²) in [5, 5.41) is 0. The average molecular weight is 466 g/mol. The molecule has 31 heavy (non-hydrogen) atoms. The number of alkyl halides is 9. The Morgan fingerprint density at radius 2 is 1.32 bits per heavy atom. The summed E-state index contributed by atoms with van der Waals surface area (Å²) >= 11 is 0. The fraction of sp³-hybridized carbons (Fsp3) is 0.278. The highest BCUT2D eigenvalue weighted by Crippen LogP contribution is 2.53. The first-order valence-corrected chi connectivity index (χ1v) is 7.94. The predicted octanol–water partition coefficient (Wildman–Crippen LogP) is 6.19. The van der Waals surface area contributed by atoms with Crippen molar-refractivity contribution in [3.8, 4) is 5.75 Å². The van der Waals surface area contributed by atoms with Crippen molar-refractivity contribution in [2.45, 2.75) is 30.6 Å². The Balaban J connectivity index is 2.21. The second kappa shape index (κ2) is 8.00. The maximum atomic E-state index is 13.7. The first-order chi connectivity index (χ1) is 14.0. The van der Waals surface area contributed by atoms with E-state index in [4.69, 9.17) is 4.74 Å². The van der Waals surface area contributed by atoms with Gasteiger partial charge >= 0.3 is 23.9 Å². The number of benzene rings is 2. The normalized spacial score (nSPS) is 13.3. The Bertz CT molecular complexity index is 950. The quantitative estimate of drug-likeness (QED) is 0.359. The maximum Gasteiger partial charge on any atom is 0.460 e. The molecule has 0 saturated heterocycles. The summed E-state index contributed by atoms with van der Waals surface area (Å²) in [6.07, 6.45) is -7.05. The molecule has 2 aromatic rings. The van der Waals surface area contributed by atoms with Crippen molar-refractivity contribution in [3.05, 3.63) is 65.2 Å². The van der Waals surface area contributed by atoms with Crippen LogP contribution in [0.15, 0.2) is 42.5 Å². The van der Waals surface area contributed by atoms with Gasteiger partial charge in [-0.3, -0.25) is 4.79 Å². The number of ether oxygens (including phenoxy) is 1.